The number of fused-ring (bicyclic) bond motifs is 1. The van der Waals surface area contributed by atoms with Crippen molar-refractivity contribution in [2.24, 2.45) is 0 Å². The molecule has 3 nitrogen and oxygen atoms in total. The molecule has 2 heterocycles. The molecule has 2 aromatic rings. The zero-order valence-electron chi connectivity index (χ0n) is 11.3. The highest BCUT2D eigenvalue weighted by molar-refractivity contribution is 5.31. The third-order valence-corrected chi connectivity index (χ3v) is 3.74. The maximum absolute atomic E-state index is 5.97. The summed E-state index contributed by atoms with van der Waals surface area (Å²) in [4.78, 5) is 0. The van der Waals surface area contributed by atoms with Crippen molar-refractivity contribution < 1.29 is 4.74 Å². The van der Waals surface area contributed by atoms with Crippen LogP contribution < -0.4 is 5.32 Å². The van der Waals surface area contributed by atoms with Crippen LogP contribution in [0, 0.1) is 0 Å². The topological polar surface area (TPSA) is 26.2 Å². The molecule has 0 saturated carbocycles. The summed E-state index contributed by atoms with van der Waals surface area (Å²) in [7, 11) is 1.98. The molecule has 0 aliphatic carbocycles. The molecule has 19 heavy (non-hydrogen) atoms. The van der Waals surface area contributed by atoms with Crippen LogP contribution in [0.25, 0.3) is 0 Å². The summed E-state index contributed by atoms with van der Waals surface area (Å²) in [5.74, 6) is 0. The maximum atomic E-state index is 5.97. The number of nitrogens with zero attached hydrogens (tertiary/aromatic N) is 1. The minimum atomic E-state index is 0.174. The second kappa shape index (κ2) is 5.59. The second-order valence-corrected chi connectivity index (χ2v) is 4.99. The predicted molar refractivity (Wildman–Crippen MR) is 76.0 cm³/mol. The molecule has 3 rings (SSSR count). The Kier molecular flexibility index (Phi) is 3.67. The van der Waals surface area contributed by atoms with Gasteiger partial charge in [0.2, 0.25) is 0 Å². The lowest BCUT2D eigenvalue weighted by atomic mass is 9.97. The van der Waals surface area contributed by atoms with Crippen LogP contribution in [0.5, 0.6) is 0 Å². The fourth-order valence-electron chi connectivity index (χ4n) is 2.78. The van der Waals surface area contributed by atoms with Crippen molar-refractivity contribution >= 4 is 0 Å². The predicted octanol–water partition coefficient (Wildman–Crippen LogP) is 2.52. The van der Waals surface area contributed by atoms with Crippen molar-refractivity contribution in [2.75, 3.05) is 13.7 Å². The first-order valence-electron chi connectivity index (χ1n) is 6.86. The van der Waals surface area contributed by atoms with Gasteiger partial charge in [-0.2, -0.15) is 0 Å². The van der Waals surface area contributed by atoms with Crippen LogP contribution in [0.4, 0.5) is 0 Å². The van der Waals surface area contributed by atoms with E-state index >= 15 is 0 Å². The quantitative estimate of drug-likeness (QED) is 0.909. The van der Waals surface area contributed by atoms with E-state index in [0.717, 1.165) is 26.1 Å². The van der Waals surface area contributed by atoms with Crippen molar-refractivity contribution in [3.63, 3.8) is 0 Å². The Morgan fingerprint density at radius 1 is 1.26 bits per heavy atom. The molecule has 0 radical (unpaired) electrons. The van der Waals surface area contributed by atoms with Crippen LogP contribution in [0.15, 0.2) is 42.6 Å². The number of ether oxygens (including phenoxy) is 1. The van der Waals surface area contributed by atoms with Gasteiger partial charge in [0.15, 0.2) is 0 Å². The van der Waals surface area contributed by atoms with Gasteiger partial charge in [-0.3, -0.25) is 0 Å². The summed E-state index contributed by atoms with van der Waals surface area (Å²) in [5.41, 5.74) is 4.08. The van der Waals surface area contributed by atoms with Crippen LogP contribution in [-0.4, -0.2) is 18.2 Å². The third-order valence-electron chi connectivity index (χ3n) is 3.74. The second-order valence-electron chi connectivity index (χ2n) is 4.99. The zero-order chi connectivity index (χ0) is 13.1. The summed E-state index contributed by atoms with van der Waals surface area (Å²) >= 11 is 0. The van der Waals surface area contributed by atoms with E-state index in [1.807, 2.05) is 7.05 Å². The molecule has 1 aromatic carbocycles. The Morgan fingerprint density at radius 3 is 3.05 bits per heavy atom. The highest BCUT2D eigenvalue weighted by Gasteiger charge is 2.21. The number of hydrogen-bond acceptors (Lipinski definition) is 2. The highest BCUT2D eigenvalue weighted by Crippen LogP contribution is 2.28. The molecule has 0 fully saturated rings. The smallest absolute Gasteiger partial charge is 0.101 e. The highest BCUT2D eigenvalue weighted by atomic mass is 16.5. The van der Waals surface area contributed by atoms with Crippen LogP contribution in [0.2, 0.25) is 0 Å². The van der Waals surface area contributed by atoms with Gasteiger partial charge in [0.05, 0.1) is 13.2 Å². The SMILES string of the molecule is CNCc1cccn1CC1OCCc2ccccc21. The van der Waals surface area contributed by atoms with Gasteiger partial charge in [0.25, 0.3) is 0 Å². The van der Waals surface area contributed by atoms with Crippen LogP contribution in [0.3, 0.4) is 0 Å². The third kappa shape index (κ3) is 2.57. The molecule has 1 aliphatic rings. The Labute approximate surface area is 114 Å². The fraction of sp³-hybridized carbons (Fsp3) is 0.375. The fourth-order valence-corrected chi connectivity index (χ4v) is 2.78. The molecule has 1 aromatic heterocycles. The van der Waals surface area contributed by atoms with Crippen molar-refractivity contribution in [1.82, 2.24) is 9.88 Å². The summed E-state index contributed by atoms with van der Waals surface area (Å²) in [6, 6.07) is 12.9. The first-order chi connectivity index (χ1) is 9.38. The van der Waals surface area contributed by atoms with Gasteiger partial charge >= 0.3 is 0 Å². The van der Waals surface area contributed by atoms with Gasteiger partial charge < -0.3 is 14.6 Å². The number of nitrogens with one attached hydrogen (secondary N) is 1. The van der Waals surface area contributed by atoms with Gasteiger partial charge in [-0.25, -0.2) is 0 Å². The lowest BCUT2D eigenvalue weighted by molar-refractivity contribution is 0.0301. The lowest BCUT2D eigenvalue weighted by Crippen LogP contribution is -2.22. The average molecular weight is 256 g/mol. The summed E-state index contributed by atoms with van der Waals surface area (Å²) in [5, 5.41) is 3.21. The molecule has 0 amide bonds. The Bertz CT molecular complexity index is 547. The summed E-state index contributed by atoms with van der Waals surface area (Å²) < 4.78 is 8.25. The molecule has 1 aliphatic heterocycles. The summed E-state index contributed by atoms with van der Waals surface area (Å²) in [6.07, 6.45) is 3.34. The zero-order valence-corrected chi connectivity index (χ0v) is 11.3. The molecule has 0 bridgehead atoms. The number of hydrogen-bond donors (Lipinski definition) is 1. The molecule has 0 spiro atoms. The maximum Gasteiger partial charge on any atom is 0.101 e. The van der Waals surface area contributed by atoms with E-state index in [1.165, 1.54) is 16.8 Å². The summed E-state index contributed by atoms with van der Waals surface area (Å²) in [6.45, 7) is 2.60. The largest absolute Gasteiger partial charge is 0.371 e. The number of rotatable bonds is 4. The first-order valence-corrected chi connectivity index (χ1v) is 6.86. The van der Waals surface area contributed by atoms with E-state index in [0.29, 0.717) is 0 Å². The van der Waals surface area contributed by atoms with E-state index < -0.39 is 0 Å². The Hall–Kier alpha value is -1.58. The Morgan fingerprint density at radius 2 is 2.16 bits per heavy atom. The van der Waals surface area contributed by atoms with Gasteiger partial charge in [0, 0.05) is 18.4 Å². The number of aromatic nitrogens is 1. The van der Waals surface area contributed by atoms with Crippen LogP contribution in [0.1, 0.15) is 22.9 Å². The molecule has 0 saturated heterocycles. The van der Waals surface area contributed by atoms with E-state index in [1.54, 1.807) is 0 Å². The van der Waals surface area contributed by atoms with Gasteiger partial charge in [-0.15, -0.1) is 0 Å². The van der Waals surface area contributed by atoms with Crippen molar-refractivity contribution in [1.29, 1.82) is 0 Å². The molecule has 3 heteroatoms. The van der Waals surface area contributed by atoms with E-state index in [9.17, 15) is 0 Å². The van der Waals surface area contributed by atoms with E-state index in [-0.39, 0.29) is 6.10 Å². The van der Waals surface area contributed by atoms with Gasteiger partial charge in [-0.05, 0) is 36.7 Å². The molecule has 1 N–H and O–H groups in total. The Balaban J connectivity index is 1.82. The molecule has 1 atom stereocenters. The molecular weight excluding hydrogens is 236 g/mol. The average Bonchev–Trinajstić information content (AvgIpc) is 2.87. The van der Waals surface area contributed by atoms with E-state index in [4.69, 9.17) is 4.74 Å². The standard InChI is InChI=1S/C16H20N2O/c1-17-11-14-6-4-9-18(14)12-16-15-7-3-2-5-13(15)8-10-19-16/h2-7,9,16-17H,8,10-12H2,1H3. The van der Waals surface area contributed by atoms with Crippen molar-refractivity contribution in [2.45, 2.75) is 25.6 Å². The minimum Gasteiger partial charge on any atom is -0.371 e. The van der Waals surface area contributed by atoms with Crippen molar-refractivity contribution in [3.05, 3.63) is 59.4 Å². The van der Waals surface area contributed by atoms with Gasteiger partial charge in [-0.1, -0.05) is 24.3 Å². The van der Waals surface area contributed by atoms with Crippen LogP contribution >= 0.6 is 0 Å². The van der Waals surface area contributed by atoms with Crippen molar-refractivity contribution in [3.8, 4) is 0 Å². The molecular formula is C16H20N2O. The van der Waals surface area contributed by atoms with E-state index in [2.05, 4.69) is 52.5 Å². The normalized spacial score (nSPS) is 18.3. The monoisotopic (exact) mass is 256 g/mol. The molecule has 100 valence electrons. The van der Waals surface area contributed by atoms with Crippen LogP contribution in [-0.2, 0) is 24.2 Å². The lowest BCUT2D eigenvalue weighted by Gasteiger charge is -2.27. The van der Waals surface area contributed by atoms with Gasteiger partial charge in [0.1, 0.15) is 6.10 Å². The first kappa shape index (κ1) is 12.5. The minimum absolute atomic E-state index is 0.174. The number of benzene rings is 1. The molecule has 1 unspecified atom stereocenters.